The van der Waals surface area contributed by atoms with Gasteiger partial charge in [-0.2, -0.15) is 5.10 Å². The molecule has 2 rings (SSSR count). The highest BCUT2D eigenvalue weighted by Gasteiger charge is 2.08. The molecule has 1 amide bonds. The normalized spacial score (nSPS) is 11.0. The van der Waals surface area contributed by atoms with E-state index in [0.29, 0.717) is 5.75 Å². The molecule has 1 N–H and O–H groups in total. The molecule has 2 aromatic rings. The van der Waals surface area contributed by atoms with Crippen LogP contribution in [0.15, 0.2) is 44.4 Å². The summed E-state index contributed by atoms with van der Waals surface area (Å²) in [4.78, 5) is 11.5. The number of carbonyl (C=O) groups is 1. The number of nitrogens with zero attached hydrogens (tertiary/aromatic N) is 1. The summed E-state index contributed by atoms with van der Waals surface area (Å²) in [5.74, 6) is 0.335. The molecule has 4 nitrogen and oxygen atoms in total. The Labute approximate surface area is 139 Å². The van der Waals surface area contributed by atoms with Crippen molar-refractivity contribution < 1.29 is 9.53 Å². The van der Waals surface area contributed by atoms with Gasteiger partial charge in [-0.05, 0) is 51.3 Å². The molecule has 0 saturated heterocycles. The second-order valence-corrected chi connectivity index (χ2v) is 6.00. The topological polar surface area (TPSA) is 50.7 Å². The highest BCUT2D eigenvalue weighted by Crippen LogP contribution is 2.34. The van der Waals surface area contributed by atoms with Crippen LogP contribution >= 0.6 is 31.9 Å². The standard InChI is InChI=1S/C15H14Br2N2O2/c1-2-7-18-19-14(20)9-21-13-6-3-10-8-11(16)4-5-12(10)15(13)17/h3-8H,2,9H2,1H3,(H,19,20). The third kappa shape index (κ3) is 4.28. The van der Waals surface area contributed by atoms with Gasteiger partial charge in [0, 0.05) is 10.7 Å². The Balaban J connectivity index is 2.09. The van der Waals surface area contributed by atoms with Crippen molar-refractivity contribution in [1.82, 2.24) is 5.43 Å². The average Bonchev–Trinajstić information content (AvgIpc) is 2.46. The molecule has 0 spiro atoms. The minimum Gasteiger partial charge on any atom is -0.483 e. The first-order valence-electron chi connectivity index (χ1n) is 6.42. The van der Waals surface area contributed by atoms with Crippen LogP contribution in [0.1, 0.15) is 13.3 Å². The van der Waals surface area contributed by atoms with Gasteiger partial charge in [-0.25, -0.2) is 5.43 Å². The smallest absolute Gasteiger partial charge is 0.277 e. The molecule has 110 valence electrons. The Morgan fingerprint density at radius 2 is 2.14 bits per heavy atom. The second kappa shape index (κ2) is 7.56. The summed E-state index contributed by atoms with van der Waals surface area (Å²) in [6.45, 7) is 1.86. The van der Waals surface area contributed by atoms with Crippen molar-refractivity contribution in [2.24, 2.45) is 5.10 Å². The van der Waals surface area contributed by atoms with Gasteiger partial charge in [0.25, 0.3) is 5.91 Å². The molecule has 0 atom stereocenters. The molecular formula is C15H14Br2N2O2. The van der Waals surface area contributed by atoms with Crippen LogP contribution in [0.2, 0.25) is 0 Å². The maximum absolute atomic E-state index is 11.5. The lowest BCUT2D eigenvalue weighted by molar-refractivity contribution is -0.123. The van der Waals surface area contributed by atoms with Crippen molar-refractivity contribution >= 4 is 54.8 Å². The van der Waals surface area contributed by atoms with Crippen molar-refractivity contribution in [2.75, 3.05) is 6.61 Å². The van der Waals surface area contributed by atoms with Gasteiger partial charge in [-0.15, -0.1) is 0 Å². The van der Waals surface area contributed by atoms with Crippen molar-refractivity contribution in [1.29, 1.82) is 0 Å². The summed E-state index contributed by atoms with van der Waals surface area (Å²) in [5.41, 5.74) is 2.40. The molecule has 0 aliphatic rings. The van der Waals surface area contributed by atoms with Crippen molar-refractivity contribution in [3.05, 3.63) is 39.3 Å². The van der Waals surface area contributed by atoms with E-state index in [9.17, 15) is 4.79 Å². The number of rotatable bonds is 5. The zero-order valence-corrected chi connectivity index (χ0v) is 14.6. The number of carbonyl (C=O) groups excluding carboxylic acids is 1. The van der Waals surface area contributed by atoms with E-state index in [0.717, 1.165) is 26.1 Å². The van der Waals surface area contributed by atoms with Crippen LogP contribution < -0.4 is 10.2 Å². The molecule has 0 heterocycles. The van der Waals surface area contributed by atoms with Crippen LogP contribution in [0.4, 0.5) is 0 Å². The predicted molar refractivity (Wildman–Crippen MR) is 91.8 cm³/mol. The molecule has 0 saturated carbocycles. The van der Waals surface area contributed by atoms with E-state index in [1.165, 1.54) is 0 Å². The number of nitrogens with one attached hydrogen (secondary N) is 1. The van der Waals surface area contributed by atoms with Gasteiger partial charge < -0.3 is 4.74 Å². The van der Waals surface area contributed by atoms with E-state index in [4.69, 9.17) is 4.74 Å². The number of hydrazone groups is 1. The maximum atomic E-state index is 11.5. The molecule has 2 aromatic carbocycles. The molecule has 6 heteroatoms. The summed E-state index contributed by atoms with van der Waals surface area (Å²) >= 11 is 6.96. The monoisotopic (exact) mass is 412 g/mol. The molecule has 0 unspecified atom stereocenters. The lowest BCUT2D eigenvalue weighted by Crippen LogP contribution is -2.24. The predicted octanol–water partition coefficient (Wildman–Crippen LogP) is 4.26. The van der Waals surface area contributed by atoms with Crippen LogP contribution in [-0.2, 0) is 4.79 Å². The van der Waals surface area contributed by atoms with Gasteiger partial charge in [0.15, 0.2) is 6.61 Å². The minimum atomic E-state index is -0.289. The number of halogens is 2. The first-order valence-corrected chi connectivity index (χ1v) is 8.01. The lowest BCUT2D eigenvalue weighted by Gasteiger charge is -2.10. The van der Waals surface area contributed by atoms with Gasteiger partial charge in [-0.3, -0.25) is 4.79 Å². The third-order valence-corrected chi connectivity index (χ3v) is 4.01. The molecule has 0 aliphatic heterocycles. The van der Waals surface area contributed by atoms with Gasteiger partial charge in [0.2, 0.25) is 0 Å². The van der Waals surface area contributed by atoms with Gasteiger partial charge in [0.05, 0.1) is 4.47 Å². The van der Waals surface area contributed by atoms with Crippen LogP contribution in [-0.4, -0.2) is 18.7 Å². The van der Waals surface area contributed by atoms with Gasteiger partial charge in [0.1, 0.15) is 5.75 Å². The van der Waals surface area contributed by atoms with E-state index >= 15 is 0 Å². The number of benzene rings is 2. The van der Waals surface area contributed by atoms with Crippen LogP contribution in [0.25, 0.3) is 10.8 Å². The number of hydrogen-bond acceptors (Lipinski definition) is 3. The van der Waals surface area contributed by atoms with Crippen LogP contribution in [0.3, 0.4) is 0 Å². The second-order valence-electron chi connectivity index (χ2n) is 4.29. The van der Waals surface area contributed by atoms with Gasteiger partial charge in [-0.1, -0.05) is 35.0 Å². The van der Waals surface area contributed by atoms with E-state index in [1.54, 1.807) is 6.21 Å². The van der Waals surface area contributed by atoms with Crippen molar-refractivity contribution in [3.8, 4) is 5.75 Å². The zero-order valence-electron chi connectivity index (χ0n) is 11.4. The quantitative estimate of drug-likeness (QED) is 0.588. The minimum absolute atomic E-state index is 0.0817. The first-order chi connectivity index (χ1) is 10.1. The summed E-state index contributed by atoms with van der Waals surface area (Å²) < 4.78 is 7.37. The fourth-order valence-electron chi connectivity index (χ4n) is 1.74. The Morgan fingerprint density at radius 1 is 1.33 bits per heavy atom. The number of amides is 1. The fraction of sp³-hybridized carbons (Fsp3) is 0.200. The van der Waals surface area contributed by atoms with E-state index < -0.39 is 0 Å². The van der Waals surface area contributed by atoms with E-state index in [1.807, 2.05) is 37.3 Å². The fourth-order valence-corrected chi connectivity index (χ4v) is 2.73. The van der Waals surface area contributed by atoms with Crippen LogP contribution in [0, 0.1) is 0 Å². The summed E-state index contributed by atoms with van der Waals surface area (Å²) in [6, 6.07) is 9.76. The highest BCUT2D eigenvalue weighted by atomic mass is 79.9. The van der Waals surface area contributed by atoms with E-state index in [-0.39, 0.29) is 12.5 Å². The summed E-state index contributed by atoms with van der Waals surface area (Å²) in [7, 11) is 0. The van der Waals surface area contributed by atoms with Gasteiger partial charge >= 0.3 is 0 Å². The van der Waals surface area contributed by atoms with E-state index in [2.05, 4.69) is 42.4 Å². The summed E-state index contributed by atoms with van der Waals surface area (Å²) in [6.07, 6.45) is 2.40. The maximum Gasteiger partial charge on any atom is 0.277 e. The Kier molecular flexibility index (Phi) is 5.76. The Bertz CT molecular complexity index is 687. The molecular weight excluding hydrogens is 400 g/mol. The number of ether oxygens (including phenoxy) is 1. The Hall–Kier alpha value is -1.40. The highest BCUT2D eigenvalue weighted by molar-refractivity contribution is 9.11. The lowest BCUT2D eigenvalue weighted by atomic mass is 10.1. The molecule has 0 aromatic heterocycles. The zero-order chi connectivity index (χ0) is 15.2. The summed E-state index contributed by atoms with van der Waals surface area (Å²) in [5, 5.41) is 5.87. The molecule has 21 heavy (non-hydrogen) atoms. The molecule has 0 fully saturated rings. The van der Waals surface area contributed by atoms with Crippen LogP contribution in [0.5, 0.6) is 5.75 Å². The average molecular weight is 414 g/mol. The number of fused-ring (bicyclic) bond motifs is 1. The molecule has 0 aliphatic carbocycles. The third-order valence-electron chi connectivity index (χ3n) is 2.70. The SMILES string of the molecule is CCC=NNC(=O)COc1ccc2cc(Br)ccc2c1Br. The number of hydrogen-bond donors (Lipinski definition) is 1. The molecule has 0 bridgehead atoms. The van der Waals surface area contributed by atoms with Crippen molar-refractivity contribution in [2.45, 2.75) is 13.3 Å². The first kappa shape index (κ1) is 16.0. The largest absolute Gasteiger partial charge is 0.483 e. The molecule has 0 radical (unpaired) electrons. The van der Waals surface area contributed by atoms with Crippen molar-refractivity contribution in [3.63, 3.8) is 0 Å². The Morgan fingerprint density at radius 3 is 2.90 bits per heavy atom.